The molecule has 1 aromatic carbocycles. The van der Waals surface area contributed by atoms with Gasteiger partial charge in [0.1, 0.15) is 11.7 Å². The van der Waals surface area contributed by atoms with Crippen LogP contribution >= 0.6 is 0 Å². The van der Waals surface area contributed by atoms with Gasteiger partial charge in [-0.05, 0) is 25.1 Å². The molecule has 0 amide bonds. The molecule has 2 aliphatic rings. The summed E-state index contributed by atoms with van der Waals surface area (Å²) >= 11 is 0. The highest BCUT2D eigenvalue weighted by Gasteiger charge is 2.50. The number of nitrogens with zero attached hydrogens (tertiary/aromatic N) is 2. The Kier molecular flexibility index (Phi) is 2.86. The van der Waals surface area contributed by atoms with Crippen LogP contribution in [-0.4, -0.2) is 14.8 Å². The number of rotatable bonds is 1. The topological polar surface area (TPSA) is 59.0 Å². The maximum absolute atomic E-state index is 13.2. The van der Waals surface area contributed by atoms with Gasteiger partial charge >= 0.3 is 6.18 Å². The molecule has 0 fully saturated rings. The van der Waals surface area contributed by atoms with E-state index in [1.807, 2.05) is 0 Å². The molecule has 0 radical (unpaired) electrons. The Bertz CT molecular complexity index is 984. The molecule has 0 aliphatic carbocycles. The van der Waals surface area contributed by atoms with Crippen molar-refractivity contribution in [1.29, 1.82) is 0 Å². The van der Waals surface area contributed by atoms with Crippen molar-refractivity contribution in [1.82, 2.24) is 4.57 Å². The van der Waals surface area contributed by atoms with Gasteiger partial charge in [-0.3, -0.25) is 4.57 Å². The third kappa shape index (κ3) is 1.93. The Hall–Kier alpha value is -2.92. The highest BCUT2D eigenvalue weighted by Crippen LogP contribution is 2.58. The summed E-state index contributed by atoms with van der Waals surface area (Å²) in [6.07, 6.45) is -1.84. The third-order valence-corrected chi connectivity index (χ3v) is 4.56. The zero-order chi connectivity index (χ0) is 18.1. The summed E-state index contributed by atoms with van der Waals surface area (Å²) in [5.41, 5.74) is -2.03. The Labute approximate surface area is 140 Å². The molecule has 3 heterocycles. The van der Waals surface area contributed by atoms with Gasteiger partial charge in [0, 0.05) is 0 Å². The summed E-state index contributed by atoms with van der Waals surface area (Å²) in [5, 5.41) is 21.0. The molecule has 0 spiro atoms. The number of ether oxygens (including phenoxy) is 1. The number of hydrogen-bond donors (Lipinski definition) is 2. The second-order valence-electron chi connectivity index (χ2n) is 6.09. The van der Waals surface area contributed by atoms with Crippen LogP contribution in [0.2, 0.25) is 0 Å². The molecule has 25 heavy (non-hydrogen) atoms. The highest BCUT2D eigenvalue weighted by atomic mass is 19.4. The average molecular weight is 348 g/mol. The van der Waals surface area contributed by atoms with Gasteiger partial charge in [0.25, 0.3) is 0 Å². The van der Waals surface area contributed by atoms with E-state index >= 15 is 0 Å². The lowest BCUT2D eigenvalue weighted by atomic mass is 9.91. The number of fused-ring (bicyclic) bond motifs is 5. The molecule has 4 rings (SSSR count). The minimum Gasteiger partial charge on any atom is -0.494 e. The summed E-state index contributed by atoms with van der Waals surface area (Å²) in [5.74, 6) is -0.764. The predicted octanol–water partition coefficient (Wildman–Crippen LogP) is 4.31. The van der Waals surface area contributed by atoms with Gasteiger partial charge in [0.15, 0.2) is 5.69 Å². The predicted molar refractivity (Wildman–Crippen MR) is 80.7 cm³/mol. The maximum Gasteiger partial charge on any atom is 0.407 e. The van der Waals surface area contributed by atoms with E-state index in [4.69, 9.17) is 11.3 Å². The van der Waals surface area contributed by atoms with Crippen molar-refractivity contribution in [2.75, 3.05) is 0 Å². The van der Waals surface area contributed by atoms with E-state index in [2.05, 4.69) is 4.85 Å². The molecule has 2 N–H and O–H groups in total. The van der Waals surface area contributed by atoms with Gasteiger partial charge in [-0.25, -0.2) is 4.85 Å². The molecule has 0 saturated heterocycles. The van der Waals surface area contributed by atoms with Crippen LogP contribution in [0.3, 0.4) is 0 Å². The van der Waals surface area contributed by atoms with Crippen molar-refractivity contribution in [2.45, 2.75) is 24.8 Å². The van der Waals surface area contributed by atoms with E-state index in [0.29, 0.717) is 11.1 Å². The van der Waals surface area contributed by atoms with Crippen molar-refractivity contribution in [3.8, 4) is 17.4 Å². The van der Waals surface area contributed by atoms with Gasteiger partial charge in [-0.15, -0.1) is 0 Å². The molecule has 2 aliphatic heterocycles. The van der Waals surface area contributed by atoms with Gasteiger partial charge in [-0.2, -0.15) is 13.2 Å². The van der Waals surface area contributed by atoms with Crippen molar-refractivity contribution in [2.24, 2.45) is 0 Å². The van der Waals surface area contributed by atoms with Gasteiger partial charge in [0.05, 0.1) is 28.9 Å². The van der Waals surface area contributed by atoms with E-state index in [9.17, 15) is 23.4 Å². The Morgan fingerprint density at radius 2 is 2.00 bits per heavy atom. The van der Waals surface area contributed by atoms with Crippen LogP contribution in [0.15, 0.2) is 30.4 Å². The SMILES string of the molecule is [C-]#[N+]c1ccc(-n2c(O)c3c(c2O)C2(C)C=CC3O2)cc1C(F)(F)F. The van der Waals surface area contributed by atoms with E-state index in [-0.39, 0.29) is 17.4 Å². The summed E-state index contributed by atoms with van der Waals surface area (Å²) < 4.78 is 46.2. The minimum atomic E-state index is -4.73. The van der Waals surface area contributed by atoms with E-state index in [1.165, 1.54) is 6.07 Å². The largest absolute Gasteiger partial charge is 0.494 e. The number of hydrogen-bond acceptors (Lipinski definition) is 3. The lowest BCUT2D eigenvalue weighted by Gasteiger charge is -2.18. The fourth-order valence-electron chi connectivity index (χ4n) is 3.47. The lowest BCUT2D eigenvalue weighted by molar-refractivity contribution is -0.136. The molecule has 2 bridgehead atoms. The number of alkyl halides is 3. The zero-order valence-corrected chi connectivity index (χ0v) is 12.8. The minimum absolute atomic E-state index is 0.0906. The van der Waals surface area contributed by atoms with Crippen LogP contribution in [0, 0.1) is 6.57 Å². The van der Waals surface area contributed by atoms with E-state index < -0.39 is 29.1 Å². The van der Waals surface area contributed by atoms with Crippen molar-refractivity contribution >= 4 is 5.69 Å². The molecular formula is C17H11F3N2O3. The standard InChI is InChI=1S/C17H11F3N2O3/c1-16-6-5-11(25-16)12-13(16)15(24)22(14(12)23)8-3-4-10(21-2)9(7-8)17(18,19)20/h3-7,11,23-24H,1H3. The van der Waals surface area contributed by atoms with E-state index in [0.717, 1.165) is 16.7 Å². The van der Waals surface area contributed by atoms with Crippen LogP contribution in [-0.2, 0) is 16.5 Å². The molecule has 0 saturated carbocycles. The molecule has 8 heteroatoms. The summed E-state index contributed by atoms with van der Waals surface area (Å²) in [6.45, 7) is 8.58. The Morgan fingerprint density at radius 1 is 1.28 bits per heavy atom. The second-order valence-corrected chi connectivity index (χ2v) is 6.09. The van der Waals surface area contributed by atoms with Crippen molar-refractivity contribution < 1.29 is 28.1 Å². The van der Waals surface area contributed by atoms with Crippen molar-refractivity contribution in [3.05, 3.63) is 58.5 Å². The first-order chi connectivity index (χ1) is 11.7. The maximum atomic E-state index is 13.2. The first-order valence-electron chi connectivity index (χ1n) is 7.30. The van der Waals surface area contributed by atoms with Gasteiger partial charge < -0.3 is 14.9 Å². The van der Waals surface area contributed by atoms with Crippen molar-refractivity contribution in [3.63, 3.8) is 0 Å². The highest BCUT2D eigenvalue weighted by molar-refractivity contribution is 5.64. The van der Waals surface area contributed by atoms with Crippen LogP contribution in [0.5, 0.6) is 11.8 Å². The fraction of sp³-hybridized carbons (Fsp3) is 0.235. The molecule has 5 nitrogen and oxygen atoms in total. The van der Waals surface area contributed by atoms with E-state index in [1.54, 1.807) is 19.1 Å². The Morgan fingerprint density at radius 3 is 2.60 bits per heavy atom. The zero-order valence-electron chi connectivity index (χ0n) is 12.8. The molecule has 2 aromatic rings. The summed E-state index contributed by atoms with van der Waals surface area (Å²) in [4.78, 5) is 2.88. The molecule has 2 atom stereocenters. The summed E-state index contributed by atoms with van der Waals surface area (Å²) in [7, 11) is 0. The molecule has 2 unspecified atom stereocenters. The van der Waals surface area contributed by atoms with Crippen LogP contribution < -0.4 is 0 Å². The Balaban J connectivity index is 1.95. The lowest BCUT2D eigenvalue weighted by Crippen LogP contribution is -2.15. The first kappa shape index (κ1) is 15.6. The molecule has 128 valence electrons. The van der Waals surface area contributed by atoms with Gasteiger partial charge in [0.2, 0.25) is 11.8 Å². The fourth-order valence-corrected chi connectivity index (χ4v) is 3.47. The van der Waals surface area contributed by atoms with Crippen LogP contribution in [0.4, 0.5) is 18.9 Å². The number of halogens is 3. The number of aromatic hydroxyl groups is 2. The quantitative estimate of drug-likeness (QED) is 0.596. The number of aromatic nitrogens is 1. The van der Waals surface area contributed by atoms with Gasteiger partial charge in [-0.1, -0.05) is 12.1 Å². The normalized spacial score (nSPS) is 23.7. The number of benzene rings is 1. The smallest absolute Gasteiger partial charge is 0.407 e. The summed E-state index contributed by atoms with van der Waals surface area (Å²) in [6, 6.07) is 3.00. The monoisotopic (exact) mass is 348 g/mol. The second kappa shape index (κ2) is 4.58. The molecule has 1 aromatic heterocycles. The van der Waals surface area contributed by atoms with Crippen LogP contribution in [0.25, 0.3) is 10.5 Å². The van der Waals surface area contributed by atoms with Crippen LogP contribution in [0.1, 0.15) is 29.7 Å². The molecular weight excluding hydrogens is 337 g/mol. The average Bonchev–Trinajstić information content (AvgIpc) is 3.15. The third-order valence-electron chi connectivity index (χ3n) is 4.56. The first-order valence-corrected chi connectivity index (χ1v) is 7.30.